The molecule has 0 radical (unpaired) electrons. The zero-order chi connectivity index (χ0) is 18.9. The van der Waals surface area contributed by atoms with E-state index in [1.54, 1.807) is 0 Å². The maximum atomic E-state index is 5.62. The van der Waals surface area contributed by atoms with Crippen molar-refractivity contribution in [2.45, 2.75) is 45.7 Å². The Balaban J connectivity index is 1.56. The van der Waals surface area contributed by atoms with Crippen molar-refractivity contribution >= 4 is 5.96 Å². The molecule has 27 heavy (non-hydrogen) atoms. The molecule has 2 atom stereocenters. The number of guanidine groups is 1. The third-order valence-electron chi connectivity index (χ3n) is 5.66. The monoisotopic (exact) mass is 372 g/mol. The van der Waals surface area contributed by atoms with Crippen LogP contribution in [0.15, 0.2) is 35.3 Å². The van der Waals surface area contributed by atoms with Crippen molar-refractivity contribution in [2.75, 3.05) is 45.9 Å². The van der Waals surface area contributed by atoms with Gasteiger partial charge in [-0.15, -0.1) is 0 Å². The van der Waals surface area contributed by atoms with Gasteiger partial charge in [0, 0.05) is 44.7 Å². The highest BCUT2D eigenvalue weighted by Crippen LogP contribution is 2.21. The Morgan fingerprint density at radius 3 is 2.81 bits per heavy atom. The van der Waals surface area contributed by atoms with Gasteiger partial charge in [-0.3, -0.25) is 9.89 Å². The van der Waals surface area contributed by atoms with E-state index in [2.05, 4.69) is 59.3 Å². The lowest BCUT2D eigenvalue weighted by Crippen LogP contribution is -2.41. The fourth-order valence-electron chi connectivity index (χ4n) is 4.19. The molecule has 2 aliphatic heterocycles. The molecule has 2 saturated heterocycles. The van der Waals surface area contributed by atoms with Crippen LogP contribution in [0.5, 0.6) is 0 Å². The molecule has 5 heteroatoms. The summed E-state index contributed by atoms with van der Waals surface area (Å²) in [6.45, 7) is 12.1. The molecule has 1 aromatic carbocycles. The van der Waals surface area contributed by atoms with Crippen LogP contribution in [0.4, 0.5) is 0 Å². The maximum absolute atomic E-state index is 5.62. The predicted octanol–water partition coefficient (Wildman–Crippen LogP) is 2.97. The van der Waals surface area contributed by atoms with Gasteiger partial charge in [0.15, 0.2) is 5.96 Å². The van der Waals surface area contributed by atoms with Gasteiger partial charge in [0.05, 0.1) is 13.2 Å². The molecule has 1 aromatic rings. The van der Waals surface area contributed by atoms with Crippen LogP contribution in [0.1, 0.15) is 38.7 Å². The Morgan fingerprint density at radius 2 is 2.04 bits per heavy atom. The van der Waals surface area contributed by atoms with Gasteiger partial charge in [0.1, 0.15) is 0 Å². The first-order valence-corrected chi connectivity index (χ1v) is 10.7. The zero-order valence-corrected chi connectivity index (χ0v) is 17.1. The first-order chi connectivity index (χ1) is 13.3. The van der Waals surface area contributed by atoms with Crippen LogP contribution in [0.2, 0.25) is 0 Å². The van der Waals surface area contributed by atoms with E-state index in [-0.39, 0.29) is 0 Å². The highest BCUT2D eigenvalue weighted by molar-refractivity contribution is 5.80. The van der Waals surface area contributed by atoms with E-state index in [0.29, 0.717) is 12.0 Å². The van der Waals surface area contributed by atoms with Gasteiger partial charge in [-0.1, -0.05) is 30.3 Å². The number of hydrogen-bond donors (Lipinski definition) is 1. The van der Waals surface area contributed by atoms with Gasteiger partial charge >= 0.3 is 0 Å². The van der Waals surface area contributed by atoms with Gasteiger partial charge in [-0.05, 0) is 45.2 Å². The standard InChI is InChI=1S/C22H36N4O/c1-3-23-22(26-14-12-20(17-26)18-27-4-2)24-15-21-11-8-13-25(21)16-19-9-6-5-7-10-19/h5-7,9-10,20-21H,3-4,8,11-18H2,1-2H3,(H,23,24). The van der Waals surface area contributed by atoms with E-state index in [9.17, 15) is 0 Å². The van der Waals surface area contributed by atoms with E-state index in [0.717, 1.165) is 51.9 Å². The molecule has 0 bridgehead atoms. The summed E-state index contributed by atoms with van der Waals surface area (Å²) in [6.07, 6.45) is 3.74. The predicted molar refractivity (Wildman–Crippen MR) is 112 cm³/mol. The molecular weight excluding hydrogens is 336 g/mol. The number of likely N-dealkylation sites (tertiary alicyclic amines) is 2. The summed E-state index contributed by atoms with van der Waals surface area (Å²) in [4.78, 5) is 10.1. The fourth-order valence-corrected chi connectivity index (χ4v) is 4.19. The number of hydrogen-bond acceptors (Lipinski definition) is 3. The van der Waals surface area contributed by atoms with E-state index in [1.165, 1.54) is 31.4 Å². The van der Waals surface area contributed by atoms with Crippen LogP contribution >= 0.6 is 0 Å². The number of nitrogens with zero attached hydrogens (tertiary/aromatic N) is 3. The Hall–Kier alpha value is -1.59. The van der Waals surface area contributed by atoms with Gasteiger partial charge in [0.25, 0.3) is 0 Å². The number of nitrogens with one attached hydrogen (secondary N) is 1. The minimum absolute atomic E-state index is 0.556. The molecule has 0 spiro atoms. The van der Waals surface area contributed by atoms with Gasteiger partial charge in [0.2, 0.25) is 0 Å². The molecule has 2 aliphatic rings. The lowest BCUT2D eigenvalue weighted by Gasteiger charge is -2.25. The SMILES string of the molecule is CCNC(=NCC1CCCN1Cc1ccccc1)N1CCC(COCC)C1. The summed E-state index contributed by atoms with van der Waals surface area (Å²) in [7, 11) is 0. The summed E-state index contributed by atoms with van der Waals surface area (Å²) in [6, 6.07) is 11.4. The molecule has 150 valence electrons. The van der Waals surface area contributed by atoms with Crippen molar-refractivity contribution in [1.29, 1.82) is 0 Å². The molecule has 0 aliphatic carbocycles. The summed E-state index contributed by atoms with van der Waals surface area (Å²) >= 11 is 0. The highest BCUT2D eigenvalue weighted by Gasteiger charge is 2.27. The van der Waals surface area contributed by atoms with E-state index in [4.69, 9.17) is 9.73 Å². The molecule has 2 unspecified atom stereocenters. The number of aliphatic imine (C=N–C) groups is 1. The van der Waals surface area contributed by atoms with Crippen LogP contribution in [-0.2, 0) is 11.3 Å². The molecule has 1 N–H and O–H groups in total. The molecule has 3 rings (SSSR count). The fraction of sp³-hybridized carbons (Fsp3) is 0.682. The molecule has 2 heterocycles. The first-order valence-electron chi connectivity index (χ1n) is 10.7. The molecule has 2 fully saturated rings. The summed E-state index contributed by atoms with van der Waals surface area (Å²) < 4.78 is 5.62. The van der Waals surface area contributed by atoms with Gasteiger partial charge in [-0.2, -0.15) is 0 Å². The van der Waals surface area contributed by atoms with Gasteiger partial charge < -0.3 is 15.0 Å². The Labute approximate surface area is 164 Å². The summed E-state index contributed by atoms with van der Waals surface area (Å²) in [5, 5.41) is 3.51. The largest absolute Gasteiger partial charge is 0.381 e. The van der Waals surface area contributed by atoms with Crippen molar-refractivity contribution in [3.8, 4) is 0 Å². The molecule has 0 aromatic heterocycles. The number of ether oxygens (including phenoxy) is 1. The van der Waals surface area contributed by atoms with Crippen LogP contribution in [0.3, 0.4) is 0 Å². The molecule has 5 nitrogen and oxygen atoms in total. The average molecular weight is 373 g/mol. The van der Waals surface area contributed by atoms with E-state index < -0.39 is 0 Å². The quantitative estimate of drug-likeness (QED) is 0.563. The summed E-state index contributed by atoms with van der Waals surface area (Å²) in [5.41, 5.74) is 1.40. The zero-order valence-electron chi connectivity index (χ0n) is 17.1. The lowest BCUT2D eigenvalue weighted by molar-refractivity contribution is 0.114. The van der Waals surface area contributed by atoms with Crippen LogP contribution < -0.4 is 5.32 Å². The van der Waals surface area contributed by atoms with E-state index >= 15 is 0 Å². The van der Waals surface area contributed by atoms with Gasteiger partial charge in [-0.25, -0.2) is 0 Å². The number of benzene rings is 1. The van der Waals surface area contributed by atoms with Crippen molar-refractivity contribution < 1.29 is 4.74 Å². The van der Waals surface area contributed by atoms with Crippen molar-refractivity contribution in [3.05, 3.63) is 35.9 Å². The molecular formula is C22H36N4O. The Kier molecular flexibility index (Phi) is 7.96. The minimum Gasteiger partial charge on any atom is -0.381 e. The lowest BCUT2D eigenvalue weighted by atomic mass is 10.1. The second-order valence-corrected chi connectivity index (χ2v) is 7.71. The van der Waals surface area contributed by atoms with E-state index in [1.807, 2.05) is 0 Å². The second kappa shape index (κ2) is 10.7. The Morgan fingerprint density at radius 1 is 1.19 bits per heavy atom. The summed E-state index contributed by atoms with van der Waals surface area (Å²) in [5.74, 6) is 1.72. The molecule has 0 amide bonds. The third kappa shape index (κ3) is 5.94. The minimum atomic E-state index is 0.556. The highest BCUT2D eigenvalue weighted by atomic mass is 16.5. The third-order valence-corrected chi connectivity index (χ3v) is 5.66. The normalized spacial score (nSPS) is 23.9. The number of rotatable bonds is 8. The van der Waals surface area contributed by atoms with Crippen LogP contribution in [0.25, 0.3) is 0 Å². The van der Waals surface area contributed by atoms with Crippen LogP contribution in [-0.4, -0.2) is 67.7 Å². The first kappa shape index (κ1) is 20.2. The Bertz CT molecular complexity index is 577. The van der Waals surface area contributed by atoms with Crippen LogP contribution in [0, 0.1) is 5.92 Å². The topological polar surface area (TPSA) is 40.1 Å². The second-order valence-electron chi connectivity index (χ2n) is 7.71. The van der Waals surface area contributed by atoms with Crippen molar-refractivity contribution in [1.82, 2.24) is 15.1 Å². The van der Waals surface area contributed by atoms with Crippen molar-refractivity contribution in [2.24, 2.45) is 10.9 Å². The van der Waals surface area contributed by atoms with Crippen molar-refractivity contribution in [3.63, 3.8) is 0 Å². The molecule has 0 saturated carbocycles. The smallest absolute Gasteiger partial charge is 0.193 e. The maximum Gasteiger partial charge on any atom is 0.193 e. The average Bonchev–Trinajstić information content (AvgIpc) is 3.34.